The summed E-state index contributed by atoms with van der Waals surface area (Å²) in [5.41, 5.74) is 5.09. The lowest BCUT2D eigenvalue weighted by Gasteiger charge is -1.98. The Morgan fingerprint density at radius 1 is 2.00 bits per heavy atom. The Balaban J connectivity index is 3.50. The number of carboxylic acids is 1. The van der Waals surface area contributed by atoms with Crippen LogP contribution in [-0.4, -0.2) is 27.9 Å². The third-order valence-corrected chi connectivity index (χ3v) is 1.08. The Bertz CT molecular complexity index is 126. The molecule has 9 heavy (non-hydrogen) atoms. The fourth-order valence-corrected chi connectivity index (χ4v) is 0.459. The molecular formula is C4H7IN2O2. The van der Waals surface area contributed by atoms with Crippen LogP contribution in [0.2, 0.25) is 0 Å². The molecule has 0 aliphatic rings. The SMILES string of the molecule is NC(CN=CI)C(=O)O. The van der Waals surface area contributed by atoms with Crippen LogP contribution in [0.25, 0.3) is 0 Å². The van der Waals surface area contributed by atoms with Gasteiger partial charge in [-0.1, -0.05) is 0 Å². The van der Waals surface area contributed by atoms with Gasteiger partial charge in [0.1, 0.15) is 6.04 Å². The number of hydrogen-bond donors (Lipinski definition) is 2. The third-order valence-electron chi connectivity index (χ3n) is 0.688. The van der Waals surface area contributed by atoms with Gasteiger partial charge in [0.2, 0.25) is 0 Å². The highest BCUT2D eigenvalue weighted by molar-refractivity contribution is 14.1. The monoisotopic (exact) mass is 242 g/mol. The van der Waals surface area contributed by atoms with Gasteiger partial charge in [-0.15, -0.1) is 0 Å². The summed E-state index contributed by atoms with van der Waals surface area (Å²) in [7, 11) is 0. The van der Waals surface area contributed by atoms with E-state index in [0.717, 1.165) is 0 Å². The van der Waals surface area contributed by atoms with Crippen molar-refractivity contribution < 1.29 is 9.90 Å². The molecule has 1 atom stereocenters. The van der Waals surface area contributed by atoms with Crippen LogP contribution in [0.15, 0.2) is 4.99 Å². The zero-order valence-corrected chi connectivity index (χ0v) is 6.78. The normalized spacial score (nSPS) is 14.0. The maximum atomic E-state index is 10.0. The smallest absolute Gasteiger partial charge is 0.322 e. The van der Waals surface area contributed by atoms with Crippen molar-refractivity contribution in [3.8, 4) is 0 Å². The Labute approximate surface area is 66.3 Å². The van der Waals surface area contributed by atoms with Crippen molar-refractivity contribution in [1.82, 2.24) is 0 Å². The van der Waals surface area contributed by atoms with Crippen molar-refractivity contribution in [2.24, 2.45) is 10.7 Å². The van der Waals surface area contributed by atoms with E-state index in [4.69, 9.17) is 10.8 Å². The molecule has 5 heteroatoms. The van der Waals surface area contributed by atoms with Crippen molar-refractivity contribution in [3.05, 3.63) is 0 Å². The number of aliphatic carboxylic acids is 1. The Morgan fingerprint density at radius 3 is 2.89 bits per heavy atom. The number of aliphatic imine (C=N–C) groups is 1. The summed E-state index contributed by atoms with van der Waals surface area (Å²) in [5.74, 6) is -1.02. The van der Waals surface area contributed by atoms with E-state index in [0.29, 0.717) is 0 Å². The van der Waals surface area contributed by atoms with Gasteiger partial charge in [0, 0.05) is 0 Å². The number of nitrogens with zero attached hydrogens (tertiary/aromatic N) is 1. The molecule has 0 saturated carbocycles. The van der Waals surface area contributed by atoms with Crippen LogP contribution < -0.4 is 5.73 Å². The van der Waals surface area contributed by atoms with Crippen molar-refractivity contribution in [2.45, 2.75) is 6.04 Å². The molecule has 3 N–H and O–H groups in total. The zero-order chi connectivity index (χ0) is 7.28. The maximum absolute atomic E-state index is 10.0. The predicted octanol–water partition coefficient (Wildman–Crippen LogP) is -0.138. The minimum Gasteiger partial charge on any atom is -0.480 e. The van der Waals surface area contributed by atoms with E-state index >= 15 is 0 Å². The summed E-state index contributed by atoms with van der Waals surface area (Å²) in [6.45, 7) is 0.151. The van der Waals surface area contributed by atoms with Gasteiger partial charge in [-0.05, 0) is 22.6 Å². The van der Waals surface area contributed by atoms with E-state index in [1.54, 1.807) is 0 Å². The summed E-state index contributed by atoms with van der Waals surface area (Å²) in [5, 5.41) is 8.21. The first-order chi connectivity index (χ1) is 4.18. The quantitative estimate of drug-likeness (QED) is 0.534. The lowest BCUT2D eigenvalue weighted by Crippen LogP contribution is -2.32. The second-order valence-electron chi connectivity index (χ2n) is 1.41. The Kier molecular flexibility index (Phi) is 4.60. The second-order valence-corrected chi connectivity index (χ2v) is 1.96. The molecular weight excluding hydrogens is 235 g/mol. The third kappa shape index (κ3) is 4.34. The average molecular weight is 242 g/mol. The minimum absolute atomic E-state index is 0.151. The number of halogens is 1. The molecule has 0 bridgehead atoms. The van der Waals surface area contributed by atoms with Gasteiger partial charge in [0.05, 0.1) is 10.8 Å². The van der Waals surface area contributed by atoms with Crippen LogP contribution in [0.3, 0.4) is 0 Å². The summed E-state index contributed by atoms with van der Waals surface area (Å²) in [4.78, 5) is 13.7. The van der Waals surface area contributed by atoms with Crippen molar-refractivity contribution in [3.63, 3.8) is 0 Å². The van der Waals surface area contributed by atoms with E-state index in [-0.39, 0.29) is 6.54 Å². The van der Waals surface area contributed by atoms with Crippen LogP contribution in [0.4, 0.5) is 0 Å². The van der Waals surface area contributed by atoms with Crippen LogP contribution in [-0.2, 0) is 4.79 Å². The summed E-state index contributed by atoms with van der Waals surface area (Å²) in [6.07, 6.45) is 0. The fraction of sp³-hybridized carbons (Fsp3) is 0.500. The maximum Gasteiger partial charge on any atom is 0.322 e. The molecule has 4 nitrogen and oxygen atoms in total. The number of hydrogen-bond acceptors (Lipinski definition) is 3. The first-order valence-electron chi connectivity index (χ1n) is 2.25. The first-order valence-corrected chi connectivity index (χ1v) is 3.50. The topological polar surface area (TPSA) is 75.7 Å². The highest BCUT2D eigenvalue weighted by Crippen LogP contribution is 1.81. The fourth-order valence-electron chi connectivity index (χ4n) is 0.231. The van der Waals surface area contributed by atoms with E-state index in [1.807, 2.05) is 22.6 Å². The molecule has 0 heterocycles. The Hall–Kier alpha value is -0.170. The average Bonchev–Trinajstić information content (AvgIpc) is 1.82. The largest absolute Gasteiger partial charge is 0.480 e. The van der Waals surface area contributed by atoms with Crippen LogP contribution in [0.5, 0.6) is 0 Å². The summed E-state index contributed by atoms with van der Waals surface area (Å²) >= 11 is 1.90. The van der Waals surface area contributed by atoms with Gasteiger partial charge in [-0.2, -0.15) is 0 Å². The molecule has 0 radical (unpaired) electrons. The standard InChI is InChI=1S/C4H7IN2O2/c5-2-7-1-3(6)4(8)9/h2-3H,1,6H2,(H,8,9). The molecule has 0 aliphatic heterocycles. The number of nitrogens with two attached hydrogens (primary N) is 1. The van der Waals surface area contributed by atoms with Crippen LogP contribution >= 0.6 is 22.6 Å². The second kappa shape index (κ2) is 4.68. The van der Waals surface area contributed by atoms with Gasteiger partial charge < -0.3 is 10.8 Å². The molecule has 1 unspecified atom stereocenters. The van der Waals surface area contributed by atoms with E-state index in [1.165, 1.54) is 4.22 Å². The van der Waals surface area contributed by atoms with Gasteiger partial charge >= 0.3 is 5.97 Å². The molecule has 0 aliphatic carbocycles. The Morgan fingerprint density at radius 2 is 2.56 bits per heavy atom. The number of carboxylic acid groups (broad SMARTS) is 1. The van der Waals surface area contributed by atoms with E-state index in [9.17, 15) is 4.79 Å². The number of carbonyl (C=O) groups is 1. The van der Waals surface area contributed by atoms with Crippen molar-refractivity contribution >= 4 is 32.8 Å². The molecule has 52 valence electrons. The van der Waals surface area contributed by atoms with Crippen molar-refractivity contribution in [2.75, 3.05) is 6.54 Å². The lowest BCUT2D eigenvalue weighted by molar-refractivity contribution is -0.138. The minimum atomic E-state index is -1.02. The van der Waals surface area contributed by atoms with Gasteiger partial charge in [0.25, 0.3) is 0 Å². The zero-order valence-electron chi connectivity index (χ0n) is 4.62. The molecule has 0 saturated heterocycles. The van der Waals surface area contributed by atoms with Gasteiger partial charge in [0.15, 0.2) is 0 Å². The van der Waals surface area contributed by atoms with E-state index < -0.39 is 12.0 Å². The summed E-state index contributed by atoms with van der Waals surface area (Å²) in [6, 6.07) is -0.865. The molecule has 0 rings (SSSR count). The predicted molar refractivity (Wildman–Crippen MR) is 43.0 cm³/mol. The number of rotatable bonds is 3. The molecule has 0 fully saturated rings. The first kappa shape index (κ1) is 8.83. The molecule has 0 aromatic rings. The lowest BCUT2D eigenvalue weighted by atomic mass is 10.3. The van der Waals surface area contributed by atoms with Crippen molar-refractivity contribution in [1.29, 1.82) is 0 Å². The van der Waals surface area contributed by atoms with Gasteiger partial charge in [-0.3, -0.25) is 9.79 Å². The molecule has 0 aromatic carbocycles. The molecule has 0 spiro atoms. The van der Waals surface area contributed by atoms with Crippen LogP contribution in [0, 0.1) is 0 Å². The van der Waals surface area contributed by atoms with Crippen LogP contribution in [0.1, 0.15) is 0 Å². The molecule has 0 aromatic heterocycles. The van der Waals surface area contributed by atoms with E-state index in [2.05, 4.69) is 4.99 Å². The highest BCUT2D eigenvalue weighted by Gasteiger charge is 2.08. The molecule has 0 amide bonds. The highest BCUT2D eigenvalue weighted by atomic mass is 127. The van der Waals surface area contributed by atoms with Gasteiger partial charge in [-0.25, -0.2) is 0 Å². The summed E-state index contributed by atoms with van der Waals surface area (Å²) < 4.78 is 1.50.